The average molecular weight is 320 g/mol. The molecule has 0 fully saturated rings. The number of thiophene rings is 1. The van der Waals surface area contributed by atoms with E-state index in [-0.39, 0.29) is 30.1 Å². The largest absolute Gasteiger partial charge is 0.346 e. The van der Waals surface area contributed by atoms with Crippen LogP contribution >= 0.6 is 11.3 Å². The molecule has 2 rings (SSSR count). The summed E-state index contributed by atoms with van der Waals surface area (Å²) in [7, 11) is 1.81. The van der Waals surface area contributed by atoms with E-state index < -0.39 is 0 Å². The maximum Gasteiger partial charge on any atom is 0.225 e. The second kappa shape index (κ2) is 6.83. The number of amides is 1. The maximum atomic E-state index is 12.3. The number of Topliss-reactive ketones (excluding diaryl/α,β-unsaturated/α-hetero) is 1. The lowest BCUT2D eigenvalue weighted by atomic mass is 10.0. The number of nitrogens with one attached hydrogen (secondary N) is 1. The highest BCUT2D eigenvalue weighted by Gasteiger charge is 2.22. The van der Waals surface area contributed by atoms with Crippen molar-refractivity contribution in [3.05, 3.63) is 34.0 Å². The summed E-state index contributed by atoms with van der Waals surface area (Å²) in [4.78, 5) is 28.5. The van der Waals surface area contributed by atoms with Crippen LogP contribution in [-0.2, 0) is 18.3 Å². The number of carbonyl (C=O) groups is 2. The van der Waals surface area contributed by atoms with Gasteiger partial charge in [0.05, 0.1) is 17.3 Å². The Balaban J connectivity index is 2.05. The molecule has 0 radical (unpaired) electrons. The molecular weight excluding hydrogens is 300 g/mol. The van der Waals surface area contributed by atoms with Crippen LogP contribution in [-0.4, -0.2) is 26.5 Å². The highest BCUT2D eigenvalue weighted by molar-refractivity contribution is 7.12. The number of carbonyl (C=O) groups excluding carboxylic acids is 2. The Morgan fingerprint density at radius 1 is 1.41 bits per heavy atom. The van der Waals surface area contributed by atoms with Crippen molar-refractivity contribution in [2.75, 3.05) is 0 Å². The van der Waals surface area contributed by atoms with Gasteiger partial charge in [0.1, 0.15) is 12.2 Å². The third-order valence-corrected chi connectivity index (χ3v) is 4.45. The molecule has 0 aliphatic rings. The summed E-state index contributed by atoms with van der Waals surface area (Å²) < 4.78 is 1.67. The van der Waals surface area contributed by atoms with Gasteiger partial charge in [-0.15, -0.1) is 11.3 Å². The van der Waals surface area contributed by atoms with Crippen LogP contribution in [0.15, 0.2) is 17.8 Å². The molecule has 22 heavy (non-hydrogen) atoms. The number of aryl methyl sites for hydroxylation is 1. The number of hydrogen-bond donors (Lipinski definition) is 1. The summed E-state index contributed by atoms with van der Waals surface area (Å²) in [6.45, 7) is 5.58. The summed E-state index contributed by atoms with van der Waals surface area (Å²) in [5.74, 6) is 0.866. The van der Waals surface area contributed by atoms with Gasteiger partial charge in [-0.3, -0.25) is 14.3 Å². The van der Waals surface area contributed by atoms with Crippen LogP contribution in [0.25, 0.3) is 0 Å². The first-order valence-corrected chi connectivity index (χ1v) is 7.98. The van der Waals surface area contributed by atoms with Crippen LogP contribution in [0.2, 0.25) is 0 Å². The number of ketones is 1. The average Bonchev–Trinajstić information content (AvgIpc) is 3.05. The van der Waals surface area contributed by atoms with Crippen LogP contribution in [0.3, 0.4) is 0 Å². The van der Waals surface area contributed by atoms with E-state index in [1.807, 2.05) is 26.3 Å². The van der Waals surface area contributed by atoms with Gasteiger partial charge in [-0.1, -0.05) is 13.8 Å². The van der Waals surface area contributed by atoms with Gasteiger partial charge in [0.2, 0.25) is 5.91 Å². The van der Waals surface area contributed by atoms with Crippen molar-refractivity contribution in [2.45, 2.75) is 33.2 Å². The zero-order chi connectivity index (χ0) is 16.3. The van der Waals surface area contributed by atoms with Crippen LogP contribution < -0.4 is 5.32 Å². The smallest absolute Gasteiger partial charge is 0.225 e. The summed E-state index contributed by atoms with van der Waals surface area (Å²) in [6, 6.07) is 1.59. The van der Waals surface area contributed by atoms with Crippen molar-refractivity contribution in [3.8, 4) is 0 Å². The third kappa shape index (κ3) is 3.79. The second-order valence-electron chi connectivity index (χ2n) is 5.58. The van der Waals surface area contributed by atoms with Crippen LogP contribution in [0.1, 0.15) is 47.9 Å². The number of rotatable bonds is 6. The lowest BCUT2D eigenvalue weighted by Crippen LogP contribution is -2.34. The van der Waals surface area contributed by atoms with Gasteiger partial charge in [-0.2, -0.15) is 5.10 Å². The van der Waals surface area contributed by atoms with Crippen LogP contribution in [0.4, 0.5) is 0 Å². The standard InChI is InChI=1S/C15H20N4O2S/c1-9(2)14(15-16-8-17-19(15)4)18-13(21)6-11-5-12(10(3)20)22-7-11/h5,7-9,14H,6H2,1-4H3,(H,18,21). The molecule has 0 spiro atoms. The lowest BCUT2D eigenvalue weighted by molar-refractivity contribution is -0.121. The van der Waals surface area contributed by atoms with E-state index in [2.05, 4.69) is 15.4 Å². The summed E-state index contributed by atoms with van der Waals surface area (Å²) in [5.41, 5.74) is 0.855. The summed E-state index contributed by atoms with van der Waals surface area (Å²) >= 11 is 1.37. The first-order valence-electron chi connectivity index (χ1n) is 7.10. The SMILES string of the molecule is CC(=O)c1cc(CC(=O)NC(c2ncnn2C)C(C)C)cs1. The molecule has 2 aromatic rings. The lowest BCUT2D eigenvalue weighted by Gasteiger charge is -2.21. The van der Waals surface area contributed by atoms with Gasteiger partial charge in [0.15, 0.2) is 5.78 Å². The number of hydrogen-bond acceptors (Lipinski definition) is 5. The van der Waals surface area contributed by atoms with Crippen molar-refractivity contribution in [1.82, 2.24) is 20.1 Å². The Morgan fingerprint density at radius 2 is 2.14 bits per heavy atom. The molecule has 0 aliphatic carbocycles. The molecule has 2 aromatic heterocycles. The van der Waals surface area contributed by atoms with Crippen molar-refractivity contribution in [2.24, 2.45) is 13.0 Å². The quantitative estimate of drug-likeness (QED) is 0.827. The minimum atomic E-state index is -0.189. The fourth-order valence-corrected chi connectivity index (χ4v) is 2.99. The van der Waals surface area contributed by atoms with Gasteiger partial charge in [0.25, 0.3) is 0 Å². The third-order valence-electron chi connectivity index (χ3n) is 3.37. The number of aromatic nitrogens is 3. The van der Waals surface area contributed by atoms with Crippen molar-refractivity contribution in [3.63, 3.8) is 0 Å². The zero-order valence-corrected chi connectivity index (χ0v) is 14.0. The molecule has 0 aliphatic heterocycles. The highest BCUT2D eigenvalue weighted by atomic mass is 32.1. The minimum absolute atomic E-state index is 0.0239. The molecular formula is C15H20N4O2S. The monoisotopic (exact) mass is 320 g/mol. The Kier molecular flexibility index (Phi) is 5.07. The summed E-state index contributed by atoms with van der Waals surface area (Å²) in [6.07, 6.45) is 1.74. The second-order valence-corrected chi connectivity index (χ2v) is 6.49. The Morgan fingerprint density at radius 3 is 2.64 bits per heavy atom. The fraction of sp³-hybridized carbons (Fsp3) is 0.467. The molecule has 7 heteroatoms. The molecule has 1 unspecified atom stereocenters. The first-order chi connectivity index (χ1) is 10.4. The molecule has 0 bridgehead atoms. The first kappa shape index (κ1) is 16.4. The van der Waals surface area contributed by atoms with Crippen LogP contribution in [0.5, 0.6) is 0 Å². The molecule has 0 saturated heterocycles. The minimum Gasteiger partial charge on any atom is -0.346 e. The molecule has 1 atom stereocenters. The van der Waals surface area contributed by atoms with E-state index in [1.54, 1.807) is 10.7 Å². The van der Waals surface area contributed by atoms with Crippen LogP contribution in [0, 0.1) is 5.92 Å². The van der Waals surface area contributed by atoms with Gasteiger partial charge < -0.3 is 5.32 Å². The molecule has 1 N–H and O–H groups in total. The van der Waals surface area contributed by atoms with E-state index in [9.17, 15) is 9.59 Å². The Bertz CT molecular complexity index is 675. The van der Waals surface area contributed by atoms with E-state index in [0.717, 1.165) is 11.4 Å². The van der Waals surface area contributed by atoms with E-state index in [0.29, 0.717) is 4.88 Å². The van der Waals surface area contributed by atoms with Gasteiger partial charge in [-0.05, 0) is 29.9 Å². The fourth-order valence-electron chi connectivity index (χ4n) is 2.18. The van der Waals surface area contributed by atoms with Gasteiger partial charge in [-0.25, -0.2) is 4.98 Å². The molecule has 0 aromatic carbocycles. The van der Waals surface area contributed by atoms with Gasteiger partial charge >= 0.3 is 0 Å². The molecule has 6 nitrogen and oxygen atoms in total. The van der Waals surface area contributed by atoms with Crippen molar-refractivity contribution >= 4 is 23.0 Å². The van der Waals surface area contributed by atoms with Crippen molar-refractivity contribution in [1.29, 1.82) is 0 Å². The maximum absolute atomic E-state index is 12.3. The molecule has 0 saturated carbocycles. The Labute approximate surface area is 133 Å². The molecule has 118 valence electrons. The van der Waals surface area contributed by atoms with Crippen molar-refractivity contribution < 1.29 is 9.59 Å². The predicted octanol–water partition coefficient (Wildman–Crippen LogP) is 2.14. The van der Waals surface area contributed by atoms with E-state index in [4.69, 9.17) is 0 Å². The highest BCUT2D eigenvalue weighted by Crippen LogP contribution is 2.20. The number of nitrogens with zero attached hydrogens (tertiary/aromatic N) is 3. The summed E-state index contributed by atoms with van der Waals surface area (Å²) in [5, 5.41) is 8.91. The Hall–Kier alpha value is -2.02. The molecule has 2 heterocycles. The van der Waals surface area contributed by atoms with Gasteiger partial charge in [0, 0.05) is 7.05 Å². The normalized spacial score (nSPS) is 12.4. The topological polar surface area (TPSA) is 76.9 Å². The van der Waals surface area contributed by atoms with E-state index >= 15 is 0 Å². The molecule has 1 amide bonds. The van der Waals surface area contributed by atoms with E-state index in [1.165, 1.54) is 24.6 Å². The zero-order valence-electron chi connectivity index (χ0n) is 13.2. The predicted molar refractivity (Wildman–Crippen MR) is 84.8 cm³/mol.